The normalized spacial score (nSPS) is 20.1. The van der Waals surface area contributed by atoms with E-state index in [0.717, 1.165) is 5.56 Å². The maximum Gasteiger partial charge on any atom is 0.307 e. The Hall–Kier alpha value is -2.24. The van der Waals surface area contributed by atoms with Crippen LogP contribution in [0, 0.1) is 11.8 Å². The minimum absolute atomic E-state index is 0.216. The Morgan fingerprint density at radius 3 is 2.50 bits per heavy atom. The zero-order valence-electron chi connectivity index (χ0n) is 11.4. The van der Waals surface area contributed by atoms with Gasteiger partial charge in [0.25, 0.3) is 0 Å². The van der Waals surface area contributed by atoms with Crippen molar-refractivity contribution in [2.45, 2.75) is 13.0 Å². The Kier molecular flexibility index (Phi) is 4.12. The lowest BCUT2D eigenvalue weighted by Crippen LogP contribution is -2.25. The van der Waals surface area contributed by atoms with Crippen molar-refractivity contribution in [1.29, 1.82) is 0 Å². The van der Waals surface area contributed by atoms with E-state index in [4.69, 9.17) is 14.6 Å². The van der Waals surface area contributed by atoms with Gasteiger partial charge in [-0.25, -0.2) is 0 Å². The number of carbonyl (C=O) groups excluding carboxylic acids is 1. The minimum Gasteiger partial charge on any atom is -0.493 e. The molecule has 1 aliphatic rings. The van der Waals surface area contributed by atoms with Crippen molar-refractivity contribution >= 4 is 11.9 Å². The first-order valence-corrected chi connectivity index (χ1v) is 6.28. The monoisotopic (exact) mass is 279 g/mol. The van der Waals surface area contributed by atoms with Crippen LogP contribution in [0.25, 0.3) is 0 Å². The lowest BCUT2D eigenvalue weighted by Gasteiger charge is -2.10. The molecule has 0 aromatic heterocycles. The average Bonchev–Trinajstić information content (AvgIpc) is 3.25. The molecule has 0 saturated heterocycles. The van der Waals surface area contributed by atoms with E-state index in [1.54, 1.807) is 26.4 Å². The van der Waals surface area contributed by atoms with Crippen molar-refractivity contribution in [2.24, 2.45) is 11.8 Å². The first-order valence-electron chi connectivity index (χ1n) is 6.28. The van der Waals surface area contributed by atoms with Crippen LogP contribution in [0.5, 0.6) is 11.5 Å². The van der Waals surface area contributed by atoms with E-state index in [0.29, 0.717) is 24.5 Å². The number of aliphatic carboxylic acids is 1. The first kappa shape index (κ1) is 14.2. The summed E-state index contributed by atoms with van der Waals surface area (Å²) in [6, 6.07) is 5.36. The Morgan fingerprint density at radius 2 is 1.95 bits per heavy atom. The van der Waals surface area contributed by atoms with Crippen LogP contribution in [0.4, 0.5) is 0 Å². The topological polar surface area (TPSA) is 84.9 Å². The quantitative estimate of drug-likeness (QED) is 0.812. The molecule has 2 rings (SSSR count). The van der Waals surface area contributed by atoms with E-state index in [-0.39, 0.29) is 5.91 Å². The molecule has 0 aliphatic heterocycles. The number of carboxylic acid groups (broad SMARTS) is 1. The number of benzene rings is 1. The van der Waals surface area contributed by atoms with Gasteiger partial charge in [0.1, 0.15) is 0 Å². The van der Waals surface area contributed by atoms with Gasteiger partial charge in [0.15, 0.2) is 11.5 Å². The summed E-state index contributed by atoms with van der Waals surface area (Å²) < 4.78 is 10.3. The van der Waals surface area contributed by atoms with Crippen LogP contribution in [-0.2, 0) is 16.1 Å². The number of carboxylic acids is 1. The summed E-state index contributed by atoms with van der Waals surface area (Å²) in [6.07, 6.45) is 0.424. The van der Waals surface area contributed by atoms with Crippen molar-refractivity contribution in [1.82, 2.24) is 5.32 Å². The largest absolute Gasteiger partial charge is 0.493 e. The molecule has 1 aliphatic carbocycles. The van der Waals surface area contributed by atoms with Gasteiger partial charge in [0.05, 0.1) is 26.1 Å². The summed E-state index contributed by atoms with van der Waals surface area (Å²) in [4.78, 5) is 22.4. The Labute approximate surface area is 116 Å². The highest BCUT2D eigenvalue weighted by Gasteiger charge is 2.48. The fourth-order valence-corrected chi connectivity index (χ4v) is 2.07. The highest BCUT2D eigenvalue weighted by molar-refractivity contribution is 5.89. The molecule has 1 fully saturated rings. The number of ether oxygens (including phenoxy) is 2. The van der Waals surface area contributed by atoms with Crippen LogP contribution in [0.3, 0.4) is 0 Å². The highest BCUT2D eigenvalue weighted by atomic mass is 16.5. The number of methoxy groups -OCH3 is 2. The van der Waals surface area contributed by atoms with Gasteiger partial charge in [0.2, 0.25) is 5.91 Å². The summed E-state index contributed by atoms with van der Waals surface area (Å²) in [6.45, 7) is 0.335. The minimum atomic E-state index is -0.906. The molecule has 2 atom stereocenters. The van der Waals surface area contributed by atoms with Gasteiger partial charge in [0, 0.05) is 6.54 Å². The predicted molar refractivity (Wildman–Crippen MR) is 70.6 cm³/mol. The number of carbonyl (C=O) groups is 2. The van der Waals surface area contributed by atoms with Crippen LogP contribution >= 0.6 is 0 Å². The number of hydrogen-bond donors (Lipinski definition) is 2. The summed E-state index contributed by atoms with van der Waals surface area (Å²) in [5.74, 6) is -0.832. The molecule has 0 radical (unpaired) electrons. The number of hydrogen-bond acceptors (Lipinski definition) is 4. The van der Waals surface area contributed by atoms with Gasteiger partial charge < -0.3 is 19.9 Å². The standard InChI is InChI=1S/C14H17NO5/c1-19-11-4-3-8(5-12(11)20-2)7-15-13(16)9-6-10(9)14(17)18/h3-5,9-10H,6-7H2,1-2H3,(H,15,16)(H,17,18). The maximum atomic E-state index is 11.7. The van der Waals surface area contributed by atoms with E-state index >= 15 is 0 Å². The lowest BCUT2D eigenvalue weighted by atomic mass is 10.2. The third-order valence-electron chi connectivity index (χ3n) is 3.36. The number of rotatable bonds is 6. The molecule has 108 valence electrons. The van der Waals surface area contributed by atoms with Gasteiger partial charge in [-0.3, -0.25) is 9.59 Å². The maximum absolute atomic E-state index is 11.7. The van der Waals surface area contributed by atoms with Crippen molar-refractivity contribution in [2.75, 3.05) is 14.2 Å². The van der Waals surface area contributed by atoms with Gasteiger partial charge in [-0.1, -0.05) is 6.07 Å². The molecule has 1 aromatic carbocycles. The molecule has 2 N–H and O–H groups in total. The van der Waals surface area contributed by atoms with Crippen molar-refractivity contribution < 1.29 is 24.2 Å². The second kappa shape index (κ2) is 5.81. The predicted octanol–water partition coefficient (Wildman–Crippen LogP) is 1.04. The lowest BCUT2D eigenvalue weighted by molar-refractivity contribution is -0.140. The van der Waals surface area contributed by atoms with Crippen LogP contribution in [0.15, 0.2) is 18.2 Å². The fraction of sp³-hybridized carbons (Fsp3) is 0.429. The van der Waals surface area contributed by atoms with E-state index in [1.807, 2.05) is 6.07 Å². The van der Waals surface area contributed by atoms with Gasteiger partial charge in [-0.2, -0.15) is 0 Å². The summed E-state index contributed by atoms with van der Waals surface area (Å²) in [5.41, 5.74) is 0.864. The highest BCUT2D eigenvalue weighted by Crippen LogP contribution is 2.38. The Balaban J connectivity index is 1.91. The molecular formula is C14H17NO5. The number of amides is 1. The summed E-state index contributed by atoms with van der Waals surface area (Å²) >= 11 is 0. The molecule has 2 unspecified atom stereocenters. The van der Waals surface area contributed by atoms with Crippen molar-refractivity contribution in [3.8, 4) is 11.5 Å². The van der Waals surface area contributed by atoms with Crippen LogP contribution in [0.1, 0.15) is 12.0 Å². The van der Waals surface area contributed by atoms with Gasteiger partial charge >= 0.3 is 5.97 Å². The van der Waals surface area contributed by atoms with Gasteiger partial charge in [-0.15, -0.1) is 0 Å². The van der Waals surface area contributed by atoms with Crippen LogP contribution < -0.4 is 14.8 Å². The molecule has 0 spiro atoms. The zero-order chi connectivity index (χ0) is 14.7. The first-order chi connectivity index (χ1) is 9.56. The second-order valence-electron chi connectivity index (χ2n) is 4.69. The van der Waals surface area contributed by atoms with E-state index in [1.165, 1.54) is 0 Å². The molecule has 1 amide bonds. The third-order valence-corrected chi connectivity index (χ3v) is 3.36. The molecular weight excluding hydrogens is 262 g/mol. The number of nitrogens with one attached hydrogen (secondary N) is 1. The van der Waals surface area contributed by atoms with Crippen LogP contribution in [0.2, 0.25) is 0 Å². The van der Waals surface area contributed by atoms with Crippen molar-refractivity contribution in [3.63, 3.8) is 0 Å². The Morgan fingerprint density at radius 1 is 1.25 bits per heavy atom. The zero-order valence-corrected chi connectivity index (χ0v) is 11.4. The molecule has 20 heavy (non-hydrogen) atoms. The average molecular weight is 279 g/mol. The van der Waals surface area contributed by atoms with E-state index in [9.17, 15) is 9.59 Å². The third kappa shape index (κ3) is 3.01. The van der Waals surface area contributed by atoms with E-state index < -0.39 is 17.8 Å². The smallest absolute Gasteiger partial charge is 0.307 e. The second-order valence-corrected chi connectivity index (χ2v) is 4.69. The van der Waals surface area contributed by atoms with E-state index in [2.05, 4.69) is 5.32 Å². The summed E-state index contributed by atoms with van der Waals surface area (Å²) in [7, 11) is 3.10. The van der Waals surface area contributed by atoms with Gasteiger partial charge in [-0.05, 0) is 24.1 Å². The molecule has 1 aromatic rings. The molecule has 6 heteroatoms. The molecule has 6 nitrogen and oxygen atoms in total. The summed E-state index contributed by atoms with van der Waals surface area (Å²) in [5, 5.41) is 11.5. The molecule has 0 bridgehead atoms. The molecule has 0 heterocycles. The molecule has 1 saturated carbocycles. The SMILES string of the molecule is COc1ccc(CNC(=O)C2CC2C(=O)O)cc1OC. The fourth-order valence-electron chi connectivity index (χ4n) is 2.07. The van der Waals surface area contributed by atoms with Crippen molar-refractivity contribution in [3.05, 3.63) is 23.8 Å². The van der Waals surface area contributed by atoms with Crippen LogP contribution in [-0.4, -0.2) is 31.2 Å². The Bertz CT molecular complexity index is 528.